The van der Waals surface area contributed by atoms with Gasteiger partial charge in [0.15, 0.2) is 0 Å². The Kier molecular flexibility index (Phi) is 3.06. The summed E-state index contributed by atoms with van der Waals surface area (Å²) in [7, 11) is 0. The molecule has 0 radical (unpaired) electrons. The van der Waals surface area contributed by atoms with Crippen molar-refractivity contribution in [1.82, 2.24) is 0 Å². The van der Waals surface area contributed by atoms with Crippen molar-refractivity contribution in [2.45, 2.75) is 6.54 Å². The molecule has 1 N–H and O–H groups in total. The Morgan fingerprint density at radius 3 is 2.45 bits per heavy atom. The molecule has 0 spiro atoms. The minimum absolute atomic E-state index is 0.168. The van der Waals surface area contributed by atoms with Crippen LogP contribution in [-0.4, -0.2) is 16.8 Å². The zero-order valence-electron chi connectivity index (χ0n) is 10.3. The van der Waals surface area contributed by atoms with Crippen LogP contribution in [0.5, 0.6) is 5.75 Å². The molecule has 2 aromatic rings. The van der Waals surface area contributed by atoms with E-state index in [1.165, 1.54) is 4.90 Å². The number of nitrogens with zero attached hydrogens (tertiary/aromatic N) is 1. The van der Waals surface area contributed by atoms with Gasteiger partial charge in [-0.2, -0.15) is 0 Å². The number of benzene rings is 2. The van der Waals surface area contributed by atoms with Crippen LogP contribution in [-0.2, 0) is 11.3 Å². The molecular formula is C15H10BrNO3. The summed E-state index contributed by atoms with van der Waals surface area (Å²) >= 11 is 3.30. The molecule has 0 fully saturated rings. The molecule has 100 valence electrons. The summed E-state index contributed by atoms with van der Waals surface area (Å²) < 4.78 is 0.767. The predicted molar refractivity (Wildman–Crippen MR) is 77.8 cm³/mol. The molecule has 0 saturated heterocycles. The second kappa shape index (κ2) is 4.76. The first-order chi connectivity index (χ1) is 9.56. The molecule has 5 heteroatoms. The molecule has 20 heavy (non-hydrogen) atoms. The molecule has 3 rings (SSSR count). The number of carbonyl (C=O) groups is 2. The van der Waals surface area contributed by atoms with E-state index >= 15 is 0 Å². The highest BCUT2D eigenvalue weighted by Crippen LogP contribution is 2.32. The Hall–Kier alpha value is -2.14. The highest BCUT2D eigenvalue weighted by Gasteiger charge is 2.35. The standard InChI is InChI=1S/C15H10BrNO3/c16-10-3-6-13-12(7-10)14(19)15(20)17(13)8-9-1-4-11(18)5-2-9/h1-7,18H,8H2. The maximum Gasteiger partial charge on any atom is 0.299 e. The Morgan fingerprint density at radius 1 is 1.05 bits per heavy atom. The third-order valence-electron chi connectivity index (χ3n) is 3.21. The number of anilines is 1. The summed E-state index contributed by atoms with van der Waals surface area (Å²) in [5.41, 5.74) is 1.89. The average molecular weight is 332 g/mol. The second-order valence-electron chi connectivity index (χ2n) is 4.55. The first-order valence-electron chi connectivity index (χ1n) is 6.00. The number of phenols is 1. The van der Waals surface area contributed by atoms with Gasteiger partial charge in [0.05, 0.1) is 17.8 Å². The Morgan fingerprint density at radius 2 is 1.75 bits per heavy atom. The molecule has 1 aliphatic heterocycles. The van der Waals surface area contributed by atoms with Crippen molar-refractivity contribution in [3.8, 4) is 5.75 Å². The number of amides is 1. The molecule has 2 aromatic carbocycles. The SMILES string of the molecule is O=C1C(=O)N(Cc2ccc(O)cc2)c2ccc(Br)cc21. The molecule has 0 bridgehead atoms. The highest BCUT2D eigenvalue weighted by atomic mass is 79.9. The van der Waals surface area contributed by atoms with Crippen LogP contribution in [0.1, 0.15) is 15.9 Å². The molecule has 0 aromatic heterocycles. The van der Waals surface area contributed by atoms with E-state index < -0.39 is 11.7 Å². The molecule has 1 aliphatic rings. The minimum Gasteiger partial charge on any atom is -0.508 e. The van der Waals surface area contributed by atoms with Gasteiger partial charge in [-0.1, -0.05) is 28.1 Å². The quantitative estimate of drug-likeness (QED) is 0.861. The number of rotatable bonds is 2. The fourth-order valence-electron chi connectivity index (χ4n) is 2.21. The molecule has 0 atom stereocenters. The van der Waals surface area contributed by atoms with Crippen molar-refractivity contribution in [2.75, 3.05) is 4.90 Å². The first-order valence-corrected chi connectivity index (χ1v) is 6.79. The number of halogens is 1. The van der Waals surface area contributed by atoms with Crippen molar-refractivity contribution in [3.05, 3.63) is 58.1 Å². The third-order valence-corrected chi connectivity index (χ3v) is 3.70. The van der Waals surface area contributed by atoms with E-state index in [9.17, 15) is 14.7 Å². The lowest BCUT2D eigenvalue weighted by Gasteiger charge is -2.16. The van der Waals surface area contributed by atoms with E-state index in [1.54, 1.807) is 42.5 Å². The molecule has 0 saturated carbocycles. The van der Waals surface area contributed by atoms with Gasteiger partial charge in [0, 0.05) is 4.47 Å². The van der Waals surface area contributed by atoms with E-state index in [0.717, 1.165) is 10.0 Å². The topological polar surface area (TPSA) is 57.6 Å². The maximum absolute atomic E-state index is 12.1. The number of hydrogen-bond donors (Lipinski definition) is 1. The van der Waals surface area contributed by atoms with Crippen molar-refractivity contribution in [2.24, 2.45) is 0 Å². The van der Waals surface area contributed by atoms with Crippen LogP contribution < -0.4 is 4.90 Å². The van der Waals surface area contributed by atoms with Gasteiger partial charge in [0.1, 0.15) is 5.75 Å². The molecule has 0 aliphatic carbocycles. The van der Waals surface area contributed by atoms with Crippen molar-refractivity contribution in [1.29, 1.82) is 0 Å². The average Bonchev–Trinajstić information content (AvgIpc) is 2.66. The van der Waals surface area contributed by atoms with E-state index in [0.29, 0.717) is 17.8 Å². The number of Topliss-reactive ketones (excluding diaryl/α,β-unsaturated/α-hetero) is 1. The highest BCUT2D eigenvalue weighted by molar-refractivity contribution is 9.10. The van der Waals surface area contributed by atoms with Gasteiger partial charge in [-0.05, 0) is 35.9 Å². The Bertz CT molecular complexity index is 710. The maximum atomic E-state index is 12.1. The molecule has 1 amide bonds. The zero-order valence-corrected chi connectivity index (χ0v) is 11.9. The Balaban J connectivity index is 1.97. The minimum atomic E-state index is -0.522. The van der Waals surface area contributed by atoms with Crippen molar-refractivity contribution < 1.29 is 14.7 Å². The predicted octanol–water partition coefficient (Wildman–Crippen LogP) is 2.88. The van der Waals surface area contributed by atoms with Gasteiger partial charge < -0.3 is 10.0 Å². The Labute approximate surface area is 123 Å². The van der Waals surface area contributed by atoms with E-state index in [1.807, 2.05) is 0 Å². The van der Waals surface area contributed by atoms with Gasteiger partial charge in [-0.3, -0.25) is 9.59 Å². The fourth-order valence-corrected chi connectivity index (χ4v) is 2.57. The van der Waals surface area contributed by atoms with Crippen LogP contribution in [0, 0.1) is 0 Å². The molecule has 4 nitrogen and oxygen atoms in total. The number of fused-ring (bicyclic) bond motifs is 1. The van der Waals surface area contributed by atoms with Crippen molar-refractivity contribution in [3.63, 3.8) is 0 Å². The monoisotopic (exact) mass is 331 g/mol. The molecule has 1 heterocycles. The van der Waals surface area contributed by atoms with E-state index in [2.05, 4.69) is 15.9 Å². The lowest BCUT2D eigenvalue weighted by molar-refractivity contribution is -0.114. The van der Waals surface area contributed by atoms with Crippen LogP contribution >= 0.6 is 15.9 Å². The number of hydrogen-bond acceptors (Lipinski definition) is 3. The van der Waals surface area contributed by atoms with Gasteiger partial charge >= 0.3 is 0 Å². The van der Waals surface area contributed by atoms with E-state index in [-0.39, 0.29) is 5.75 Å². The van der Waals surface area contributed by atoms with Gasteiger partial charge in [-0.25, -0.2) is 0 Å². The van der Waals surface area contributed by atoms with Crippen LogP contribution in [0.4, 0.5) is 5.69 Å². The van der Waals surface area contributed by atoms with Crippen LogP contribution in [0.3, 0.4) is 0 Å². The largest absolute Gasteiger partial charge is 0.508 e. The molecular weight excluding hydrogens is 322 g/mol. The lowest BCUT2D eigenvalue weighted by Crippen LogP contribution is -2.29. The van der Waals surface area contributed by atoms with Crippen molar-refractivity contribution >= 4 is 33.3 Å². The van der Waals surface area contributed by atoms with Crippen LogP contribution in [0.25, 0.3) is 0 Å². The summed E-state index contributed by atoms with van der Waals surface area (Å²) in [6.07, 6.45) is 0. The van der Waals surface area contributed by atoms with Gasteiger partial charge in [0.25, 0.3) is 11.7 Å². The molecule has 0 unspecified atom stereocenters. The summed E-state index contributed by atoms with van der Waals surface area (Å²) in [5.74, 6) is -0.840. The zero-order chi connectivity index (χ0) is 14.3. The smallest absolute Gasteiger partial charge is 0.299 e. The lowest BCUT2D eigenvalue weighted by atomic mass is 10.1. The van der Waals surface area contributed by atoms with Gasteiger partial charge in [0.2, 0.25) is 0 Å². The third kappa shape index (κ3) is 2.10. The summed E-state index contributed by atoms with van der Waals surface area (Å²) in [5, 5.41) is 9.26. The number of aromatic hydroxyl groups is 1. The van der Waals surface area contributed by atoms with Gasteiger partial charge in [-0.15, -0.1) is 0 Å². The van der Waals surface area contributed by atoms with E-state index in [4.69, 9.17) is 0 Å². The van der Waals surface area contributed by atoms with Crippen LogP contribution in [0.2, 0.25) is 0 Å². The number of phenolic OH excluding ortho intramolecular Hbond substituents is 1. The summed E-state index contributed by atoms with van der Waals surface area (Å²) in [6.45, 7) is 0.305. The normalized spacial score (nSPS) is 13.8. The number of ketones is 1. The number of carbonyl (C=O) groups excluding carboxylic acids is 2. The summed E-state index contributed by atoms with van der Waals surface area (Å²) in [4.78, 5) is 25.5. The fraction of sp³-hybridized carbons (Fsp3) is 0.0667. The second-order valence-corrected chi connectivity index (χ2v) is 5.46. The first kappa shape index (κ1) is 12.9. The van der Waals surface area contributed by atoms with Crippen LogP contribution in [0.15, 0.2) is 46.9 Å². The summed E-state index contributed by atoms with van der Waals surface area (Å²) in [6, 6.07) is 11.8.